The summed E-state index contributed by atoms with van der Waals surface area (Å²) >= 11 is 0. The summed E-state index contributed by atoms with van der Waals surface area (Å²) in [5, 5.41) is 5.74. The van der Waals surface area contributed by atoms with Gasteiger partial charge < -0.3 is 10.1 Å². The molecule has 15 heavy (non-hydrogen) atoms. The molecule has 1 atom stereocenters. The molecule has 2 N–H and O–H groups in total. The molecule has 0 bridgehead atoms. The fraction of sp³-hybridized carbons (Fsp3) is 0.800. The molecule has 1 unspecified atom stereocenters. The third-order valence-electron chi connectivity index (χ3n) is 2.43. The van der Waals surface area contributed by atoms with Crippen molar-refractivity contribution in [2.75, 3.05) is 13.7 Å². The first-order valence-corrected chi connectivity index (χ1v) is 5.15. The van der Waals surface area contributed by atoms with Gasteiger partial charge in [-0.25, -0.2) is 0 Å². The number of hydrogen-bond donors (Lipinski definition) is 2. The molecular formula is C10H19N3O2. The second-order valence-corrected chi connectivity index (χ2v) is 4.18. The highest BCUT2D eigenvalue weighted by Gasteiger charge is 2.33. The fourth-order valence-electron chi connectivity index (χ4n) is 1.43. The van der Waals surface area contributed by atoms with E-state index in [-0.39, 0.29) is 17.6 Å². The number of nitrogens with zero attached hydrogens (tertiary/aromatic N) is 1. The summed E-state index contributed by atoms with van der Waals surface area (Å²) in [6.07, 6.45) is 0.623. The Labute approximate surface area is 90.3 Å². The molecule has 1 rings (SSSR count). The molecule has 0 aromatic heterocycles. The fourth-order valence-corrected chi connectivity index (χ4v) is 1.43. The zero-order chi connectivity index (χ0) is 11.5. The summed E-state index contributed by atoms with van der Waals surface area (Å²) in [4.78, 5) is 15.7. The Hall–Kier alpha value is -1.10. The maximum atomic E-state index is 11.5. The van der Waals surface area contributed by atoms with Crippen LogP contribution in [0.1, 0.15) is 27.2 Å². The van der Waals surface area contributed by atoms with Gasteiger partial charge in [-0.3, -0.25) is 15.1 Å². The van der Waals surface area contributed by atoms with Gasteiger partial charge in [0.25, 0.3) is 0 Å². The van der Waals surface area contributed by atoms with E-state index < -0.39 is 0 Å². The molecule has 1 saturated heterocycles. The van der Waals surface area contributed by atoms with Crippen LogP contribution in [0, 0.1) is 0 Å². The van der Waals surface area contributed by atoms with Crippen LogP contribution in [0.3, 0.4) is 0 Å². The van der Waals surface area contributed by atoms with Crippen molar-refractivity contribution < 1.29 is 9.53 Å². The van der Waals surface area contributed by atoms with Crippen molar-refractivity contribution in [3.63, 3.8) is 0 Å². The van der Waals surface area contributed by atoms with Crippen LogP contribution in [0.15, 0.2) is 4.99 Å². The molecule has 5 heteroatoms. The van der Waals surface area contributed by atoms with E-state index in [0.717, 1.165) is 0 Å². The number of amides is 1. The van der Waals surface area contributed by atoms with Gasteiger partial charge in [0.05, 0.1) is 5.60 Å². The highest BCUT2D eigenvalue weighted by Crippen LogP contribution is 2.17. The van der Waals surface area contributed by atoms with Crippen LogP contribution in [-0.4, -0.2) is 37.2 Å². The Morgan fingerprint density at radius 2 is 2.20 bits per heavy atom. The molecule has 86 valence electrons. The summed E-state index contributed by atoms with van der Waals surface area (Å²) in [5.74, 6) is 0.534. The number of carbonyl (C=O) groups is 1. The van der Waals surface area contributed by atoms with Crippen molar-refractivity contribution in [1.82, 2.24) is 10.6 Å². The number of nitrogens with one attached hydrogen (secondary N) is 2. The first-order valence-electron chi connectivity index (χ1n) is 5.15. The average molecular weight is 213 g/mol. The smallest absolute Gasteiger partial charge is 0.249 e. The van der Waals surface area contributed by atoms with Crippen molar-refractivity contribution in [1.29, 1.82) is 0 Å². The van der Waals surface area contributed by atoms with Crippen LogP contribution in [0.25, 0.3) is 0 Å². The predicted octanol–water partition coefficient (Wildman–Crippen LogP) is 0.265. The van der Waals surface area contributed by atoms with Crippen LogP contribution in [0.5, 0.6) is 0 Å². The van der Waals surface area contributed by atoms with E-state index in [1.165, 1.54) is 0 Å². The molecule has 0 aromatic carbocycles. The maximum absolute atomic E-state index is 11.5. The van der Waals surface area contributed by atoms with Crippen molar-refractivity contribution in [3.05, 3.63) is 0 Å². The van der Waals surface area contributed by atoms with Crippen molar-refractivity contribution >= 4 is 11.9 Å². The summed E-state index contributed by atoms with van der Waals surface area (Å²) in [7, 11) is 1.65. The average Bonchev–Trinajstić information content (AvgIpc) is 2.47. The van der Waals surface area contributed by atoms with Gasteiger partial charge in [0, 0.05) is 20.1 Å². The largest absolute Gasteiger partial charge is 0.379 e. The third-order valence-corrected chi connectivity index (χ3v) is 2.43. The number of methoxy groups -OCH3 is 1. The Kier molecular flexibility index (Phi) is 3.68. The van der Waals surface area contributed by atoms with E-state index in [2.05, 4.69) is 15.6 Å². The van der Waals surface area contributed by atoms with E-state index in [0.29, 0.717) is 18.9 Å². The first kappa shape index (κ1) is 12.0. The van der Waals surface area contributed by atoms with Gasteiger partial charge in [-0.15, -0.1) is 0 Å². The lowest BCUT2D eigenvalue weighted by Crippen LogP contribution is -2.38. The molecule has 0 spiro atoms. The maximum Gasteiger partial charge on any atom is 0.249 e. The van der Waals surface area contributed by atoms with Crippen molar-refractivity contribution in [2.45, 2.75) is 38.8 Å². The summed E-state index contributed by atoms with van der Waals surface area (Å²) in [6.45, 7) is 6.49. The minimum atomic E-state index is -0.309. The Morgan fingerprint density at radius 3 is 2.73 bits per heavy atom. The Balaban J connectivity index is 2.59. The number of guanidine groups is 1. The van der Waals surface area contributed by atoms with Crippen LogP contribution in [-0.2, 0) is 9.53 Å². The van der Waals surface area contributed by atoms with E-state index in [4.69, 9.17) is 4.74 Å². The number of carbonyl (C=O) groups excluding carboxylic acids is 1. The molecule has 1 fully saturated rings. The van der Waals surface area contributed by atoms with Crippen molar-refractivity contribution in [2.24, 2.45) is 4.99 Å². The van der Waals surface area contributed by atoms with Crippen LogP contribution in [0.4, 0.5) is 0 Å². The monoisotopic (exact) mass is 213 g/mol. The van der Waals surface area contributed by atoms with E-state index in [9.17, 15) is 4.79 Å². The number of rotatable bonds is 4. The lowest BCUT2D eigenvalue weighted by atomic mass is 9.99. The Morgan fingerprint density at radius 1 is 1.53 bits per heavy atom. The van der Waals surface area contributed by atoms with E-state index in [1.54, 1.807) is 7.11 Å². The normalized spacial score (nSPS) is 24.1. The van der Waals surface area contributed by atoms with Gasteiger partial charge in [0.2, 0.25) is 5.91 Å². The molecule has 1 aliphatic rings. The number of ether oxygens (including phenoxy) is 1. The van der Waals surface area contributed by atoms with Gasteiger partial charge in [0.1, 0.15) is 6.04 Å². The molecule has 0 radical (unpaired) electrons. The van der Waals surface area contributed by atoms with Crippen LogP contribution in [0.2, 0.25) is 0 Å². The van der Waals surface area contributed by atoms with E-state index in [1.807, 2.05) is 20.8 Å². The second kappa shape index (κ2) is 4.61. The zero-order valence-electron chi connectivity index (χ0n) is 9.76. The SMILES string of the molecule is CCN=C1NC(=O)C(CC(C)(C)OC)N1. The second-order valence-electron chi connectivity index (χ2n) is 4.18. The van der Waals surface area contributed by atoms with Crippen molar-refractivity contribution in [3.8, 4) is 0 Å². The minimum absolute atomic E-state index is 0.0349. The summed E-state index contributed by atoms with van der Waals surface area (Å²) < 4.78 is 5.28. The standard InChI is InChI=1S/C10H19N3O2/c1-5-11-9-12-7(8(14)13-9)6-10(2,3)15-4/h7H,5-6H2,1-4H3,(H2,11,12,13,14). The predicted molar refractivity (Wildman–Crippen MR) is 58.7 cm³/mol. The lowest BCUT2D eigenvalue weighted by molar-refractivity contribution is -0.121. The molecule has 1 heterocycles. The summed E-state index contributed by atoms with van der Waals surface area (Å²) in [5.41, 5.74) is -0.309. The third kappa shape index (κ3) is 3.20. The van der Waals surface area contributed by atoms with Gasteiger partial charge in [0.15, 0.2) is 5.96 Å². The summed E-state index contributed by atoms with van der Waals surface area (Å²) in [6, 6.07) is -0.245. The lowest BCUT2D eigenvalue weighted by Gasteiger charge is -2.24. The molecule has 0 saturated carbocycles. The first-order chi connectivity index (χ1) is 6.98. The van der Waals surface area contributed by atoms with Crippen LogP contribution < -0.4 is 10.6 Å². The molecule has 0 aliphatic carbocycles. The van der Waals surface area contributed by atoms with Gasteiger partial charge in [-0.05, 0) is 20.8 Å². The molecule has 1 aliphatic heterocycles. The highest BCUT2D eigenvalue weighted by atomic mass is 16.5. The van der Waals surface area contributed by atoms with Crippen LogP contribution >= 0.6 is 0 Å². The molecule has 1 amide bonds. The molecular weight excluding hydrogens is 194 g/mol. The van der Waals surface area contributed by atoms with Gasteiger partial charge >= 0.3 is 0 Å². The Bertz CT molecular complexity index is 274. The zero-order valence-corrected chi connectivity index (χ0v) is 9.76. The minimum Gasteiger partial charge on any atom is -0.379 e. The number of aliphatic imine (C=N–C) groups is 1. The number of hydrogen-bond acceptors (Lipinski definition) is 3. The van der Waals surface area contributed by atoms with Gasteiger partial charge in [-0.2, -0.15) is 0 Å². The molecule has 0 aromatic rings. The quantitative estimate of drug-likeness (QED) is 0.704. The topological polar surface area (TPSA) is 62.7 Å². The molecule has 5 nitrogen and oxygen atoms in total. The van der Waals surface area contributed by atoms with E-state index >= 15 is 0 Å². The highest BCUT2D eigenvalue weighted by molar-refractivity contribution is 6.06. The van der Waals surface area contributed by atoms with Gasteiger partial charge in [-0.1, -0.05) is 0 Å².